The van der Waals surface area contributed by atoms with Crippen molar-refractivity contribution < 1.29 is 4.79 Å². The highest BCUT2D eigenvalue weighted by Crippen LogP contribution is 2.17. The highest BCUT2D eigenvalue weighted by atomic mass is 35.5. The summed E-state index contributed by atoms with van der Waals surface area (Å²) in [5.41, 5.74) is 2.33. The fourth-order valence-electron chi connectivity index (χ4n) is 2.80. The molecule has 1 heterocycles. The Morgan fingerprint density at radius 2 is 1.75 bits per heavy atom. The summed E-state index contributed by atoms with van der Waals surface area (Å²) in [7, 11) is 0. The fraction of sp³-hybridized carbons (Fsp3) is 0.227. The van der Waals surface area contributed by atoms with Crippen LogP contribution in [-0.4, -0.2) is 21.9 Å². The number of anilines is 1. The van der Waals surface area contributed by atoms with Crippen molar-refractivity contribution >= 4 is 23.3 Å². The smallest absolute Gasteiger partial charge is 0.271 e. The van der Waals surface area contributed by atoms with Crippen molar-refractivity contribution in [3.8, 4) is 0 Å². The standard InChI is InChI=1S/C22H23ClN4O/c1-16(2)27(15-17-8-4-3-5-9-17)21-14-24-20(13-25-21)22(28)26-12-18-10-6-7-11-19(18)23/h3-11,13-14,16H,12,15H2,1-2H3,(H,26,28). The Kier molecular flexibility index (Phi) is 6.61. The molecule has 6 heteroatoms. The number of nitrogens with one attached hydrogen (secondary N) is 1. The third-order valence-corrected chi connectivity index (χ3v) is 4.75. The van der Waals surface area contributed by atoms with Crippen LogP contribution in [0.5, 0.6) is 0 Å². The van der Waals surface area contributed by atoms with Crippen LogP contribution in [0.1, 0.15) is 35.5 Å². The number of nitrogens with zero attached hydrogens (tertiary/aromatic N) is 3. The number of rotatable bonds is 7. The normalized spacial score (nSPS) is 10.7. The zero-order valence-electron chi connectivity index (χ0n) is 16.0. The van der Waals surface area contributed by atoms with Gasteiger partial charge < -0.3 is 10.2 Å². The van der Waals surface area contributed by atoms with Gasteiger partial charge in [0.05, 0.1) is 12.4 Å². The number of aromatic nitrogens is 2. The van der Waals surface area contributed by atoms with Gasteiger partial charge in [-0.3, -0.25) is 4.79 Å². The lowest BCUT2D eigenvalue weighted by Crippen LogP contribution is -2.31. The lowest BCUT2D eigenvalue weighted by molar-refractivity contribution is 0.0945. The van der Waals surface area contributed by atoms with E-state index in [4.69, 9.17) is 11.6 Å². The van der Waals surface area contributed by atoms with E-state index in [1.807, 2.05) is 36.4 Å². The van der Waals surface area contributed by atoms with Crippen molar-refractivity contribution in [3.05, 3.63) is 88.8 Å². The third-order valence-electron chi connectivity index (χ3n) is 4.38. The monoisotopic (exact) mass is 394 g/mol. The van der Waals surface area contributed by atoms with Crippen LogP contribution in [0.15, 0.2) is 67.0 Å². The van der Waals surface area contributed by atoms with Crippen LogP contribution in [0.2, 0.25) is 5.02 Å². The average molecular weight is 395 g/mol. The molecule has 0 bridgehead atoms. The topological polar surface area (TPSA) is 58.1 Å². The molecule has 1 aromatic heterocycles. The van der Waals surface area contributed by atoms with E-state index in [1.165, 1.54) is 11.8 Å². The minimum atomic E-state index is -0.280. The molecule has 1 amide bonds. The number of amides is 1. The highest BCUT2D eigenvalue weighted by molar-refractivity contribution is 6.31. The number of hydrogen-bond donors (Lipinski definition) is 1. The number of hydrogen-bond acceptors (Lipinski definition) is 4. The molecule has 0 fully saturated rings. The molecule has 0 aliphatic carbocycles. The third kappa shape index (κ3) is 5.08. The van der Waals surface area contributed by atoms with Gasteiger partial charge in [-0.2, -0.15) is 0 Å². The van der Waals surface area contributed by atoms with Crippen LogP contribution in [0.25, 0.3) is 0 Å². The predicted molar refractivity (Wildman–Crippen MR) is 112 cm³/mol. The molecule has 0 saturated carbocycles. The number of halogens is 1. The summed E-state index contributed by atoms with van der Waals surface area (Å²) in [6.45, 7) is 5.28. The quantitative estimate of drug-likeness (QED) is 0.642. The van der Waals surface area contributed by atoms with Gasteiger partial charge in [0.2, 0.25) is 0 Å². The summed E-state index contributed by atoms with van der Waals surface area (Å²) in [6, 6.07) is 17.9. The first-order chi connectivity index (χ1) is 13.5. The van der Waals surface area contributed by atoms with E-state index in [0.717, 1.165) is 17.9 Å². The molecule has 1 N–H and O–H groups in total. The first-order valence-corrected chi connectivity index (χ1v) is 9.56. The predicted octanol–water partition coefficient (Wildman–Crippen LogP) is 4.48. The van der Waals surface area contributed by atoms with Crippen LogP contribution < -0.4 is 10.2 Å². The van der Waals surface area contributed by atoms with Crippen molar-refractivity contribution in [2.24, 2.45) is 0 Å². The largest absolute Gasteiger partial charge is 0.349 e. The first-order valence-electron chi connectivity index (χ1n) is 9.19. The summed E-state index contributed by atoms with van der Waals surface area (Å²) in [5, 5.41) is 3.45. The molecule has 0 radical (unpaired) electrons. The van der Waals surface area contributed by atoms with E-state index in [1.54, 1.807) is 12.3 Å². The van der Waals surface area contributed by atoms with Crippen LogP contribution in [0.4, 0.5) is 5.82 Å². The molecule has 144 valence electrons. The van der Waals surface area contributed by atoms with Crippen molar-refractivity contribution in [2.45, 2.75) is 33.0 Å². The summed E-state index contributed by atoms with van der Waals surface area (Å²) >= 11 is 6.12. The molecule has 3 rings (SSSR count). The van der Waals surface area contributed by atoms with Crippen molar-refractivity contribution in [3.63, 3.8) is 0 Å². The molecule has 0 unspecified atom stereocenters. The van der Waals surface area contributed by atoms with Crippen LogP contribution in [0.3, 0.4) is 0 Å². The van der Waals surface area contributed by atoms with Gasteiger partial charge in [-0.15, -0.1) is 0 Å². The maximum atomic E-state index is 12.4. The Hall–Kier alpha value is -2.92. The average Bonchev–Trinajstić information content (AvgIpc) is 2.72. The first kappa shape index (κ1) is 19.8. The second kappa shape index (κ2) is 9.33. The molecule has 5 nitrogen and oxygen atoms in total. The van der Waals surface area contributed by atoms with E-state index >= 15 is 0 Å². The molecule has 0 saturated heterocycles. The van der Waals surface area contributed by atoms with Gasteiger partial charge in [-0.05, 0) is 31.0 Å². The highest BCUT2D eigenvalue weighted by Gasteiger charge is 2.15. The summed E-state index contributed by atoms with van der Waals surface area (Å²) in [6.07, 6.45) is 3.16. The summed E-state index contributed by atoms with van der Waals surface area (Å²) < 4.78 is 0. The van der Waals surface area contributed by atoms with Crippen LogP contribution in [-0.2, 0) is 13.1 Å². The van der Waals surface area contributed by atoms with E-state index in [-0.39, 0.29) is 17.6 Å². The molecule has 3 aromatic rings. The Balaban J connectivity index is 1.67. The Bertz CT molecular complexity index is 913. The summed E-state index contributed by atoms with van der Waals surface area (Å²) in [4.78, 5) is 23.3. The van der Waals surface area contributed by atoms with Gasteiger partial charge in [0.25, 0.3) is 5.91 Å². The zero-order chi connectivity index (χ0) is 19.9. The van der Waals surface area contributed by atoms with Gasteiger partial charge in [-0.25, -0.2) is 9.97 Å². The van der Waals surface area contributed by atoms with Gasteiger partial charge in [0.1, 0.15) is 11.5 Å². The molecule has 28 heavy (non-hydrogen) atoms. The molecular weight excluding hydrogens is 372 g/mol. The molecule has 2 aromatic carbocycles. The molecule has 0 atom stereocenters. The molecular formula is C22H23ClN4O. The Morgan fingerprint density at radius 3 is 2.39 bits per heavy atom. The Morgan fingerprint density at radius 1 is 1.04 bits per heavy atom. The van der Waals surface area contributed by atoms with Gasteiger partial charge >= 0.3 is 0 Å². The fourth-order valence-corrected chi connectivity index (χ4v) is 3.01. The second-order valence-corrected chi connectivity index (χ2v) is 7.15. The van der Waals surface area contributed by atoms with E-state index in [2.05, 4.69) is 46.2 Å². The van der Waals surface area contributed by atoms with Crippen molar-refractivity contribution in [1.29, 1.82) is 0 Å². The second-order valence-electron chi connectivity index (χ2n) is 6.74. The molecule has 0 spiro atoms. The number of benzene rings is 2. The minimum Gasteiger partial charge on any atom is -0.349 e. The van der Waals surface area contributed by atoms with E-state index < -0.39 is 0 Å². The van der Waals surface area contributed by atoms with Crippen LogP contribution >= 0.6 is 11.6 Å². The lowest BCUT2D eigenvalue weighted by atomic mass is 10.2. The van der Waals surface area contributed by atoms with Gasteiger partial charge in [0.15, 0.2) is 0 Å². The maximum Gasteiger partial charge on any atom is 0.271 e. The van der Waals surface area contributed by atoms with E-state index in [0.29, 0.717) is 11.6 Å². The van der Waals surface area contributed by atoms with Gasteiger partial charge in [-0.1, -0.05) is 60.1 Å². The van der Waals surface area contributed by atoms with Crippen LogP contribution in [0, 0.1) is 0 Å². The number of carbonyl (C=O) groups is 1. The number of carbonyl (C=O) groups excluding carboxylic acids is 1. The van der Waals surface area contributed by atoms with E-state index in [9.17, 15) is 4.79 Å². The molecule has 0 aliphatic heterocycles. The Labute approximate surface area is 170 Å². The SMILES string of the molecule is CC(C)N(Cc1ccccc1)c1cnc(C(=O)NCc2ccccc2Cl)cn1. The molecule has 0 aliphatic rings. The zero-order valence-corrected chi connectivity index (χ0v) is 16.7. The maximum absolute atomic E-state index is 12.4. The van der Waals surface area contributed by atoms with Crippen molar-refractivity contribution in [2.75, 3.05) is 4.90 Å². The lowest BCUT2D eigenvalue weighted by Gasteiger charge is -2.27. The summed E-state index contributed by atoms with van der Waals surface area (Å²) in [5.74, 6) is 0.458. The van der Waals surface area contributed by atoms with Gasteiger partial charge in [0, 0.05) is 24.2 Å². The minimum absolute atomic E-state index is 0.245. The van der Waals surface area contributed by atoms with Crippen molar-refractivity contribution in [1.82, 2.24) is 15.3 Å².